The Labute approximate surface area is 107 Å². The summed E-state index contributed by atoms with van der Waals surface area (Å²) in [6.07, 6.45) is 1.60. The van der Waals surface area contributed by atoms with E-state index >= 15 is 0 Å². The molecule has 1 aromatic carbocycles. The first-order chi connectivity index (χ1) is 8.79. The fourth-order valence-electron chi connectivity index (χ4n) is 1.68. The summed E-state index contributed by atoms with van der Waals surface area (Å²) in [6, 6.07) is 10.7. The molecule has 2 N–H and O–H groups in total. The Morgan fingerprint density at radius 3 is 2.72 bits per heavy atom. The van der Waals surface area contributed by atoms with E-state index in [-0.39, 0.29) is 0 Å². The molecule has 0 aliphatic carbocycles. The van der Waals surface area contributed by atoms with Crippen molar-refractivity contribution in [1.29, 1.82) is 0 Å². The monoisotopic (exact) mass is 246 g/mol. The molecule has 0 radical (unpaired) electrons. The van der Waals surface area contributed by atoms with Crippen LogP contribution in [0.2, 0.25) is 0 Å². The van der Waals surface area contributed by atoms with Crippen LogP contribution in [0.5, 0.6) is 0 Å². The second kappa shape index (κ2) is 6.16. The molecule has 0 saturated carbocycles. The van der Waals surface area contributed by atoms with Crippen LogP contribution in [-0.4, -0.2) is 23.8 Å². The number of hydrogen-bond donors (Lipinski definition) is 1. The minimum atomic E-state index is 0.547. The van der Waals surface area contributed by atoms with Crippen LogP contribution in [0.1, 0.15) is 17.9 Å². The fraction of sp³-hybridized carbons (Fsp3) is 0.385. The van der Waals surface area contributed by atoms with E-state index in [0.717, 1.165) is 19.4 Å². The second-order valence-corrected chi connectivity index (χ2v) is 4.21. The molecule has 1 aromatic heterocycles. The van der Waals surface area contributed by atoms with Crippen molar-refractivity contribution in [1.82, 2.24) is 10.2 Å². The van der Waals surface area contributed by atoms with Crippen LogP contribution in [-0.2, 0) is 13.0 Å². The van der Waals surface area contributed by atoms with Crippen LogP contribution in [0.3, 0.4) is 0 Å². The normalized spacial score (nSPS) is 10.6. The van der Waals surface area contributed by atoms with Crippen molar-refractivity contribution in [3.05, 3.63) is 41.8 Å². The molecule has 0 aliphatic heterocycles. The summed E-state index contributed by atoms with van der Waals surface area (Å²) in [7, 11) is 1.94. The average molecular weight is 246 g/mol. The van der Waals surface area contributed by atoms with Crippen molar-refractivity contribution in [2.75, 3.05) is 18.5 Å². The maximum Gasteiger partial charge on any atom is 0.318 e. The molecular weight excluding hydrogens is 228 g/mol. The Balaban J connectivity index is 1.96. The lowest BCUT2D eigenvalue weighted by Crippen LogP contribution is -2.16. The smallest absolute Gasteiger partial charge is 0.318 e. The number of rotatable bonds is 6. The van der Waals surface area contributed by atoms with Crippen LogP contribution < -0.4 is 10.6 Å². The highest BCUT2D eigenvalue weighted by Crippen LogP contribution is 2.14. The van der Waals surface area contributed by atoms with Gasteiger partial charge in [0.2, 0.25) is 5.89 Å². The van der Waals surface area contributed by atoms with Crippen molar-refractivity contribution >= 4 is 6.01 Å². The lowest BCUT2D eigenvalue weighted by atomic mass is 10.2. The number of nitrogens with zero attached hydrogens (tertiary/aromatic N) is 3. The molecule has 0 spiro atoms. The molecule has 0 bridgehead atoms. The lowest BCUT2D eigenvalue weighted by molar-refractivity contribution is 0.483. The largest absolute Gasteiger partial charge is 0.408 e. The van der Waals surface area contributed by atoms with E-state index in [2.05, 4.69) is 22.3 Å². The van der Waals surface area contributed by atoms with E-state index in [1.165, 1.54) is 5.56 Å². The van der Waals surface area contributed by atoms with Crippen molar-refractivity contribution in [3.63, 3.8) is 0 Å². The standard InChI is InChI=1S/C13H18N4O/c1-17(10-11-6-3-2-4-7-11)13-16-15-12(18-13)8-5-9-14/h2-4,6-7H,5,8-10,14H2,1H3. The zero-order valence-corrected chi connectivity index (χ0v) is 10.5. The van der Waals surface area contributed by atoms with Crippen molar-refractivity contribution < 1.29 is 4.42 Å². The number of anilines is 1. The van der Waals surface area contributed by atoms with Gasteiger partial charge in [0, 0.05) is 20.0 Å². The van der Waals surface area contributed by atoms with Gasteiger partial charge in [-0.2, -0.15) is 0 Å². The van der Waals surface area contributed by atoms with Gasteiger partial charge in [-0.05, 0) is 18.5 Å². The summed E-state index contributed by atoms with van der Waals surface area (Å²) in [4.78, 5) is 1.94. The number of nitrogens with two attached hydrogens (primary N) is 1. The highest BCUT2D eigenvalue weighted by atomic mass is 16.4. The summed E-state index contributed by atoms with van der Waals surface area (Å²) in [6.45, 7) is 1.39. The summed E-state index contributed by atoms with van der Waals surface area (Å²) < 4.78 is 5.57. The number of aromatic nitrogens is 2. The second-order valence-electron chi connectivity index (χ2n) is 4.21. The van der Waals surface area contributed by atoms with Gasteiger partial charge in [-0.1, -0.05) is 35.4 Å². The zero-order chi connectivity index (χ0) is 12.8. The highest BCUT2D eigenvalue weighted by molar-refractivity contribution is 5.26. The van der Waals surface area contributed by atoms with Crippen LogP contribution in [0.25, 0.3) is 0 Å². The Kier molecular flexibility index (Phi) is 4.30. The molecule has 2 rings (SSSR count). The molecule has 18 heavy (non-hydrogen) atoms. The number of aryl methyl sites for hydroxylation is 1. The lowest BCUT2D eigenvalue weighted by Gasteiger charge is -2.13. The molecular formula is C13H18N4O. The van der Waals surface area contributed by atoms with Crippen LogP contribution in [0.15, 0.2) is 34.7 Å². The zero-order valence-electron chi connectivity index (χ0n) is 10.5. The molecule has 1 heterocycles. The van der Waals surface area contributed by atoms with E-state index in [1.54, 1.807) is 0 Å². The first-order valence-corrected chi connectivity index (χ1v) is 6.07. The van der Waals surface area contributed by atoms with Gasteiger partial charge in [0.15, 0.2) is 0 Å². The third-order valence-electron chi connectivity index (χ3n) is 2.64. The molecule has 0 aliphatic rings. The molecule has 0 saturated heterocycles. The van der Waals surface area contributed by atoms with Crippen molar-refractivity contribution in [2.45, 2.75) is 19.4 Å². The molecule has 0 fully saturated rings. The minimum Gasteiger partial charge on any atom is -0.408 e. The molecule has 96 valence electrons. The van der Waals surface area contributed by atoms with Crippen molar-refractivity contribution in [2.24, 2.45) is 5.73 Å². The quantitative estimate of drug-likeness (QED) is 0.838. The Bertz CT molecular complexity index is 469. The van der Waals surface area contributed by atoms with Crippen LogP contribution in [0, 0.1) is 0 Å². The predicted octanol–water partition coefficient (Wildman–Crippen LogP) is 1.60. The minimum absolute atomic E-state index is 0.547. The van der Waals surface area contributed by atoms with Crippen LogP contribution >= 0.6 is 0 Å². The molecule has 2 aromatic rings. The third-order valence-corrected chi connectivity index (χ3v) is 2.64. The molecule has 5 heteroatoms. The van der Waals surface area contributed by atoms with Gasteiger partial charge in [0.1, 0.15) is 0 Å². The molecule has 0 atom stereocenters. The molecule has 0 amide bonds. The Morgan fingerprint density at radius 1 is 1.22 bits per heavy atom. The Morgan fingerprint density at radius 2 is 2.00 bits per heavy atom. The summed E-state index contributed by atoms with van der Waals surface area (Å²) in [5.74, 6) is 0.648. The van der Waals surface area contributed by atoms with E-state index < -0.39 is 0 Å². The van der Waals surface area contributed by atoms with Gasteiger partial charge >= 0.3 is 6.01 Å². The number of benzene rings is 1. The van der Waals surface area contributed by atoms with Gasteiger partial charge < -0.3 is 15.1 Å². The Hall–Kier alpha value is -1.88. The summed E-state index contributed by atoms with van der Waals surface area (Å²) in [5.41, 5.74) is 6.65. The summed E-state index contributed by atoms with van der Waals surface area (Å²) in [5, 5.41) is 8.04. The molecule has 5 nitrogen and oxygen atoms in total. The molecule has 0 unspecified atom stereocenters. The first kappa shape index (κ1) is 12.6. The van der Waals surface area contributed by atoms with Crippen LogP contribution in [0.4, 0.5) is 6.01 Å². The predicted molar refractivity (Wildman–Crippen MR) is 70.2 cm³/mol. The number of hydrogen-bond acceptors (Lipinski definition) is 5. The fourth-order valence-corrected chi connectivity index (χ4v) is 1.68. The highest BCUT2D eigenvalue weighted by Gasteiger charge is 2.10. The van der Waals surface area contributed by atoms with Gasteiger partial charge in [0.05, 0.1) is 0 Å². The SMILES string of the molecule is CN(Cc1ccccc1)c1nnc(CCCN)o1. The van der Waals surface area contributed by atoms with E-state index in [0.29, 0.717) is 18.5 Å². The average Bonchev–Trinajstić information content (AvgIpc) is 2.86. The third kappa shape index (κ3) is 3.30. The maximum absolute atomic E-state index is 5.57. The summed E-state index contributed by atoms with van der Waals surface area (Å²) >= 11 is 0. The van der Waals surface area contributed by atoms with Gasteiger partial charge in [0.25, 0.3) is 0 Å². The van der Waals surface area contributed by atoms with Gasteiger partial charge in [-0.3, -0.25) is 0 Å². The van der Waals surface area contributed by atoms with E-state index in [1.807, 2.05) is 30.1 Å². The van der Waals surface area contributed by atoms with E-state index in [4.69, 9.17) is 10.2 Å². The van der Waals surface area contributed by atoms with Gasteiger partial charge in [-0.25, -0.2) is 0 Å². The van der Waals surface area contributed by atoms with Crippen molar-refractivity contribution in [3.8, 4) is 0 Å². The maximum atomic E-state index is 5.57. The topological polar surface area (TPSA) is 68.2 Å². The first-order valence-electron chi connectivity index (χ1n) is 6.07. The van der Waals surface area contributed by atoms with E-state index in [9.17, 15) is 0 Å². The van der Waals surface area contributed by atoms with Gasteiger partial charge in [-0.15, -0.1) is 5.10 Å².